The van der Waals surface area contributed by atoms with Crippen molar-refractivity contribution in [1.29, 1.82) is 0 Å². The first kappa shape index (κ1) is 10.2. The van der Waals surface area contributed by atoms with Gasteiger partial charge in [-0.05, 0) is 18.4 Å². The Balaban J connectivity index is 1.98. The summed E-state index contributed by atoms with van der Waals surface area (Å²) in [7, 11) is 0. The monoisotopic (exact) mass is 232 g/mol. The van der Waals surface area contributed by atoms with Crippen LogP contribution >= 0.6 is 11.3 Å². The second kappa shape index (κ2) is 4.13. The molecule has 1 fully saturated rings. The predicted molar refractivity (Wildman–Crippen MR) is 67.8 cm³/mol. The Morgan fingerprint density at radius 2 is 2.19 bits per heavy atom. The predicted octanol–water partition coefficient (Wildman–Crippen LogP) is 3.99. The summed E-state index contributed by atoms with van der Waals surface area (Å²) in [6, 6.07) is 2.02. The quantitative estimate of drug-likeness (QED) is 0.743. The Labute approximate surface area is 99.7 Å². The highest BCUT2D eigenvalue weighted by Gasteiger charge is 2.25. The van der Waals surface area contributed by atoms with Crippen molar-refractivity contribution < 1.29 is 0 Å². The van der Waals surface area contributed by atoms with Crippen molar-refractivity contribution in [2.75, 3.05) is 0 Å². The lowest BCUT2D eigenvalue weighted by molar-refractivity contribution is 0.330. The smallest absolute Gasteiger partial charge is 0.0972 e. The second-order valence-corrected chi connectivity index (χ2v) is 5.83. The van der Waals surface area contributed by atoms with Crippen LogP contribution in [0.3, 0.4) is 0 Å². The number of hydrogen-bond acceptors (Lipinski definition) is 3. The average Bonchev–Trinajstić information content (AvgIpc) is 2.73. The molecule has 0 aliphatic heterocycles. The summed E-state index contributed by atoms with van der Waals surface area (Å²) in [5.74, 6) is 1.48. The third-order valence-electron chi connectivity index (χ3n) is 3.64. The lowest BCUT2D eigenvalue weighted by Gasteiger charge is -2.26. The molecule has 0 bridgehead atoms. The van der Waals surface area contributed by atoms with Crippen molar-refractivity contribution in [2.24, 2.45) is 5.92 Å². The number of hydrogen-bond donors (Lipinski definition) is 0. The van der Waals surface area contributed by atoms with Crippen LogP contribution in [0.1, 0.15) is 43.5 Å². The van der Waals surface area contributed by atoms with E-state index in [-0.39, 0.29) is 0 Å². The Kier molecular flexibility index (Phi) is 2.64. The van der Waals surface area contributed by atoms with E-state index in [1.807, 2.05) is 29.8 Å². The largest absolute Gasteiger partial charge is 0.263 e. The third kappa shape index (κ3) is 1.73. The first-order valence-corrected chi connectivity index (χ1v) is 6.86. The molecule has 2 aromatic rings. The molecule has 2 unspecified atom stereocenters. The number of aromatic nitrogens is 2. The Morgan fingerprint density at radius 3 is 3.00 bits per heavy atom. The van der Waals surface area contributed by atoms with E-state index in [0.29, 0.717) is 5.92 Å². The van der Waals surface area contributed by atoms with E-state index in [0.717, 1.165) is 11.4 Å². The average molecular weight is 232 g/mol. The summed E-state index contributed by atoms with van der Waals surface area (Å²) in [6.07, 6.45) is 9.20. The molecule has 16 heavy (non-hydrogen) atoms. The van der Waals surface area contributed by atoms with Gasteiger partial charge in [0.1, 0.15) is 0 Å². The first-order valence-electron chi connectivity index (χ1n) is 6.05. The van der Waals surface area contributed by atoms with Gasteiger partial charge in [-0.3, -0.25) is 4.98 Å². The minimum Gasteiger partial charge on any atom is -0.263 e. The van der Waals surface area contributed by atoms with Crippen molar-refractivity contribution >= 4 is 21.6 Å². The van der Waals surface area contributed by atoms with Gasteiger partial charge < -0.3 is 0 Å². The van der Waals surface area contributed by atoms with Gasteiger partial charge in [-0.25, -0.2) is 4.98 Å². The minimum absolute atomic E-state index is 0.686. The van der Waals surface area contributed by atoms with Gasteiger partial charge >= 0.3 is 0 Å². The van der Waals surface area contributed by atoms with Gasteiger partial charge in [0, 0.05) is 18.3 Å². The molecule has 1 saturated carbocycles. The van der Waals surface area contributed by atoms with Crippen LogP contribution in [0.15, 0.2) is 18.5 Å². The second-order valence-electron chi connectivity index (χ2n) is 4.76. The van der Waals surface area contributed by atoms with E-state index >= 15 is 0 Å². The lowest BCUT2D eigenvalue weighted by atomic mass is 9.81. The van der Waals surface area contributed by atoms with Gasteiger partial charge in [0.25, 0.3) is 0 Å². The number of fused-ring (bicyclic) bond motifs is 1. The molecule has 2 atom stereocenters. The highest BCUT2D eigenvalue weighted by molar-refractivity contribution is 7.18. The Bertz CT molecular complexity index is 458. The fourth-order valence-corrected chi connectivity index (χ4v) is 3.84. The molecule has 0 saturated heterocycles. The zero-order valence-electron chi connectivity index (χ0n) is 9.52. The van der Waals surface area contributed by atoms with Crippen molar-refractivity contribution in [2.45, 2.75) is 38.5 Å². The lowest BCUT2D eigenvalue weighted by Crippen LogP contribution is -2.14. The summed E-state index contributed by atoms with van der Waals surface area (Å²) in [5.41, 5.74) is 1.12. The minimum atomic E-state index is 0.686. The van der Waals surface area contributed by atoms with E-state index in [9.17, 15) is 0 Å². The molecular weight excluding hydrogens is 216 g/mol. The van der Waals surface area contributed by atoms with Crippen LogP contribution in [0.25, 0.3) is 10.2 Å². The SMILES string of the molecule is CC1CCCCC1c1nc2ccncc2s1. The highest BCUT2D eigenvalue weighted by atomic mass is 32.1. The molecule has 3 rings (SSSR count). The number of thiazole rings is 1. The van der Waals surface area contributed by atoms with Crippen LogP contribution in [0, 0.1) is 5.92 Å². The van der Waals surface area contributed by atoms with Crippen molar-refractivity contribution in [3.63, 3.8) is 0 Å². The van der Waals surface area contributed by atoms with E-state index < -0.39 is 0 Å². The molecule has 0 spiro atoms. The summed E-state index contributed by atoms with van der Waals surface area (Å²) in [6.45, 7) is 2.37. The van der Waals surface area contributed by atoms with Crippen LogP contribution < -0.4 is 0 Å². The molecule has 1 aliphatic rings. The maximum atomic E-state index is 4.77. The van der Waals surface area contributed by atoms with E-state index in [2.05, 4.69) is 11.9 Å². The maximum absolute atomic E-state index is 4.77. The Hall–Kier alpha value is -0.960. The maximum Gasteiger partial charge on any atom is 0.0972 e. The van der Waals surface area contributed by atoms with Crippen molar-refractivity contribution in [3.8, 4) is 0 Å². The molecular formula is C13H16N2S. The van der Waals surface area contributed by atoms with Crippen LogP contribution in [0.4, 0.5) is 0 Å². The molecule has 84 valence electrons. The van der Waals surface area contributed by atoms with Gasteiger partial charge in [0.2, 0.25) is 0 Å². The standard InChI is InChI=1S/C13H16N2S/c1-9-4-2-3-5-10(9)13-15-11-6-7-14-8-12(11)16-13/h6-10H,2-5H2,1H3. The first-order chi connectivity index (χ1) is 7.84. The highest BCUT2D eigenvalue weighted by Crippen LogP contribution is 2.40. The van der Waals surface area contributed by atoms with Crippen molar-refractivity contribution in [1.82, 2.24) is 9.97 Å². The molecule has 3 heteroatoms. The molecule has 2 aromatic heterocycles. The third-order valence-corrected chi connectivity index (χ3v) is 4.77. The van der Waals surface area contributed by atoms with Gasteiger partial charge in [0.05, 0.1) is 15.2 Å². The number of nitrogens with zero attached hydrogens (tertiary/aromatic N) is 2. The van der Waals surface area contributed by atoms with E-state index in [4.69, 9.17) is 4.98 Å². The number of pyridine rings is 1. The van der Waals surface area contributed by atoms with Crippen molar-refractivity contribution in [3.05, 3.63) is 23.5 Å². The number of rotatable bonds is 1. The molecule has 0 radical (unpaired) electrons. The zero-order valence-corrected chi connectivity index (χ0v) is 10.3. The fraction of sp³-hybridized carbons (Fsp3) is 0.538. The topological polar surface area (TPSA) is 25.8 Å². The normalized spacial score (nSPS) is 26.1. The summed E-state index contributed by atoms with van der Waals surface area (Å²) in [4.78, 5) is 8.93. The van der Waals surface area contributed by atoms with Gasteiger partial charge in [-0.15, -0.1) is 11.3 Å². The molecule has 2 heterocycles. The van der Waals surface area contributed by atoms with Crippen LogP contribution in [-0.4, -0.2) is 9.97 Å². The fourth-order valence-electron chi connectivity index (χ4n) is 2.64. The van der Waals surface area contributed by atoms with E-state index in [1.165, 1.54) is 35.4 Å². The zero-order chi connectivity index (χ0) is 11.0. The van der Waals surface area contributed by atoms with E-state index in [1.54, 1.807) is 0 Å². The summed E-state index contributed by atoms with van der Waals surface area (Å²) in [5, 5.41) is 1.33. The van der Waals surface area contributed by atoms with Crippen LogP contribution in [-0.2, 0) is 0 Å². The summed E-state index contributed by atoms with van der Waals surface area (Å²) >= 11 is 1.83. The molecule has 0 amide bonds. The molecule has 0 aromatic carbocycles. The Morgan fingerprint density at radius 1 is 1.31 bits per heavy atom. The van der Waals surface area contributed by atoms with Gasteiger partial charge in [-0.2, -0.15) is 0 Å². The van der Waals surface area contributed by atoms with Gasteiger partial charge in [0.15, 0.2) is 0 Å². The van der Waals surface area contributed by atoms with Crippen LogP contribution in [0.2, 0.25) is 0 Å². The summed E-state index contributed by atoms with van der Waals surface area (Å²) < 4.78 is 1.23. The molecule has 1 aliphatic carbocycles. The van der Waals surface area contributed by atoms with Gasteiger partial charge in [-0.1, -0.05) is 26.2 Å². The molecule has 2 nitrogen and oxygen atoms in total. The molecule has 0 N–H and O–H groups in total. The van der Waals surface area contributed by atoms with Crippen LogP contribution in [0.5, 0.6) is 0 Å².